The van der Waals surface area contributed by atoms with Gasteiger partial charge >= 0.3 is 0 Å². The lowest BCUT2D eigenvalue weighted by Gasteiger charge is -2.10. The highest BCUT2D eigenvalue weighted by molar-refractivity contribution is 5.92. The zero-order chi connectivity index (χ0) is 12.7. The van der Waals surface area contributed by atoms with Crippen LogP contribution in [0.2, 0.25) is 0 Å². The maximum absolute atomic E-state index is 11.7. The fourth-order valence-electron chi connectivity index (χ4n) is 1.28. The first-order valence-corrected chi connectivity index (χ1v) is 5.46. The molecule has 4 heteroatoms. The fourth-order valence-corrected chi connectivity index (χ4v) is 1.28. The van der Waals surface area contributed by atoms with Crippen LogP contribution in [0.3, 0.4) is 0 Å². The first-order valence-electron chi connectivity index (χ1n) is 5.46. The lowest BCUT2D eigenvalue weighted by atomic mass is 10.3. The standard InChI is InChI=1S/C13H17N3O/c1-4-5-6-8-14-11-7-9-15-12(10-11)13(17)16(2)3/h7,9-10H,6,8H2,1-3H3,(H,14,15). The molecule has 0 aliphatic heterocycles. The van der Waals surface area contributed by atoms with Crippen LogP contribution in [0.25, 0.3) is 0 Å². The maximum atomic E-state index is 11.7. The molecule has 0 atom stereocenters. The van der Waals surface area contributed by atoms with Crippen LogP contribution in [0.15, 0.2) is 18.3 Å². The van der Waals surface area contributed by atoms with Crippen molar-refractivity contribution in [1.29, 1.82) is 0 Å². The van der Waals surface area contributed by atoms with Crippen LogP contribution in [0, 0.1) is 11.8 Å². The van der Waals surface area contributed by atoms with Gasteiger partial charge in [0.1, 0.15) is 5.69 Å². The summed E-state index contributed by atoms with van der Waals surface area (Å²) in [6.45, 7) is 2.58. The molecule has 0 fully saturated rings. The Labute approximate surface area is 102 Å². The summed E-state index contributed by atoms with van der Waals surface area (Å²) in [5, 5.41) is 3.20. The number of rotatable bonds is 4. The first-order chi connectivity index (χ1) is 8.15. The van der Waals surface area contributed by atoms with Crippen molar-refractivity contribution in [3.63, 3.8) is 0 Å². The van der Waals surface area contributed by atoms with Gasteiger partial charge in [0.25, 0.3) is 5.91 Å². The van der Waals surface area contributed by atoms with Crippen molar-refractivity contribution < 1.29 is 4.79 Å². The maximum Gasteiger partial charge on any atom is 0.272 e. The third-order valence-electron chi connectivity index (χ3n) is 2.14. The number of hydrogen-bond acceptors (Lipinski definition) is 3. The minimum Gasteiger partial charge on any atom is -0.384 e. The summed E-state index contributed by atoms with van der Waals surface area (Å²) in [6.07, 6.45) is 2.42. The molecular weight excluding hydrogens is 214 g/mol. The van der Waals surface area contributed by atoms with Crippen molar-refractivity contribution in [3.8, 4) is 11.8 Å². The Balaban J connectivity index is 2.65. The van der Waals surface area contributed by atoms with Crippen LogP contribution >= 0.6 is 0 Å². The van der Waals surface area contributed by atoms with E-state index < -0.39 is 0 Å². The average Bonchev–Trinajstić information content (AvgIpc) is 2.34. The Morgan fingerprint density at radius 1 is 1.53 bits per heavy atom. The smallest absolute Gasteiger partial charge is 0.272 e. The number of carbonyl (C=O) groups excluding carboxylic acids is 1. The van der Waals surface area contributed by atoms with E-state index in [4.69, 9.17) is 0 Å². The number of hydrogen-bond donors (Lipinski definition) is 1. The second kappa shape index (κ2) is 6.54. The zero-order valence-electron chi connectivity index (χ0n) is 10.4. The third kappa shape index (κ3) is 4.15. The molecule has 0 bridgehead atoms. The number of carbonyl (C=O) groups is 1. The Bertz CT molecular complexity index is 443. The summed E-state index contributed by atoms with van der Waals surface area (Å²) >= 11 is 0. The molecule has 0 radical (unpaired) electrons. The number of nitrogens with zero attached hydrogens (tertiary/aromatic N) is 2. The summed E-state index contributed by atoms with van der Waals surface area (Å²) in [5.74, 6) is 5.71. The summed E-state index contributed by atoms with van der Waals surface area (Å²) < 4.78 is 0. The van der Waals surface area contributed by atoms with E-state index >= 15 is 0 Å². The second-order valence-corrected chi connectivity index (χ2v) is 3.73. The van der Waals surface area contributed by atoms with E-state index in [1.165, 1.54) is 4.90 Å². The van der Waals surface area contributed by atoms with E-state index in [1.54, 1.807) is 26.4 Å². The molecule has 1 aromatic heterocycles. The molecule has 90 valence electrons. The highest BCUT2D eigenvalue weighted by atomic mass is 16.2. The second-order valence-electron chi connectivity index (χ2n) is 3.73. The van der Waals surface area contributed by atoms with Crippen molar-refractivity contribution in [2.24, 2.45) is 0 Å². The quantitative estimate of drug-likeness (QED) is 0.632. The Kier molecular flexibility index (Phi) is 5.02. The summed E-state index contributed by atoms with van der Waals surface area (Å²) in [5.41, 5.74) is 1.34. The SMILES string of the molecule is CC#CCCNc1ccnc(C(=O)N(C)C)c1. The van der Waals surface area contributed by atoms with Crippen molar-refractivity contribution in [1.82, 2.24) is 9.88 Å². The fraction of sp³-hybridized carbons (Fsp3) is 0.385. The predicted octanol–water partition coefficient (Wildman–Crippen LogP) is 1.61. The van der Waals surface area contributed by atoms with Crippen LogP contribution in [0.1, 0.15) is 23.8 Å². The minimum atomic E-state index is -0.0954. The minimum absolute atomic E-state index is 0.0954. The van der Waals surface area contributed by atoms with E-state index in [0.29, 0.717) is 5.69 Å². The molecule has 0 aliphatic carbocycles. The van der Waals surface area contributed by atoms with Crippen LogP contribution < -0.4 is 5.32 Å². The van der Waals surface area contributed by atoms with E-state index in [2.05, 4.69) is 22.1 Å². The molecule has 0 aromatic carbocycles. The van der Waals surface area contributed by atoms with Crippen LogP contribution in [0.4, 0.5) is 5.69 Å². The van der Waals surface area contributed by atoms with Crippen molar-refractivity contribution in [2.75, 3.05) is 26.0 Å². The average molecular weight is 231 g/mol. The molecule has 0 unspecified atom stereocenters. The molecule has 1 N–H and O–H groups in total. The molecule has 0 aliphatic rings. The molecule has 1 amide bonds. The third-order valence-corrected chi connectivity index (χ3v) is 2.14. The van der Waals surface area contributed by atoms with Crippen molar-refractivity contribution >= 4 is 11.6 Å². The lowest BCUT2D eigenvalue weighted by Crippen LogP contribution is -2.22. The summed E-state index contributed by atoms with van der Waals surface area (Å²) in [7, 11) is 3.42. The Morgan fingerprint density at radius 2 is 2.29 bits per heavy atom. The van der Waals surface area contributed by atoms with Gasteiger partial charge in [-0.3, -0.25) is 9.78 Å². The van der Waals surface area contributed by atoms with Crippen molar-refractivity contribution in [3.05, 3.63) is 24.0 Å². The summed E-state index contributed by atoms with van der Waals surface area (Å²) in [6, 6.07) is 3.59. The van der Waals surface area contributed by atoms with Gasteiger partial charge in [0.2, 0.25) is 0 Å². The largest absolute Gasteiger partial charge is 0.384 e. The molecule has 17 heavy (non-hydrogen) atoms. The molecule has 1 heterocycles. The monoisotopic (exact) mass is 231 g/mol. The molecule has 1 rings (SSSR count). The molecular formula is C13H17N3O. The topological polar surface area (TPSA) is 45.2 Å². The van der Waals surface area contributed by atoms with E-state index in [1.807, 2.05) is 13.0 Å². The number of anilines is 1. The van der Waals surface area contributed by atoms with Gasteiger partial charge in [-0.25, -0.2) is 0 Å². The van der Waals surface area contributed by atoms with Gasteiger partial charge in [-0.15, -0.1) is 11.8 Å². The number of pyridine rings is 1. The van der Waals surface area contributed by atoms with Gasteiger partial charge in [-0.05, 0) is 19.1 Å². The van der Waals surface area contributed by atoms with E-state index in [-0.39, 0.29) is 5.91 Å². The lowest BCUT2D eigenvalue weighted by molar-refractivity contribution is 0.0822. The molecule has 1 aromatic rings. The molecule has 0 saturated heterocycles. The molecule has 0 spiro atoms. The van der Waals surface area contributed by atoms with Gasteiger partial charge in [-0.1, -0.05) is 0 Å². The Hall–Kier alpha value is -2.02. The van der Waals surface area contributed by atoms with Gasteiger partial charge in [-0.2, -0.15) is 0 Å². The number of aromatic nitrogens is 1. The van der Waals surface area contributed by atoms with E-state index in [0.717, 1.165) is 18.7 Å². The van der Waals surface area contributed by atoms with Crippen LogP contribution in [-0.4, -0.2) is 36.4 Å². The number of amides is 1. The van der Waals surface area contributed by atoms with Crippen LogP contribution in [0.5, 0.6) is 0 Å². The van der Waals surface area contributed by atoms with Gasteiger partial charge in [0.15, 0.2) is 0 Å². The van der Waals surface area contributed by atoms with Gasteiger partial charge < -0.3 is 10.2 Å². The summed E-state index contributed by atoms with van der Waals surface area (Å²) in [4.78, 5) is 17.2. The first kappa shape index (κ1) is 13.0. The Morgan fingerprint density at radius 3 is 2.94 bits per heavy atom. The van der Waals surface area contributed by atoms with E-state index in [9.17, 15) is 4.79 Å². The number of nitrogens with one attached hydrogen (secondary N) is 1. The van der Waals surface area contributed by atoms with Crippen LogP contribution in [-0.2, 0) is 0 Å². The highest BCUT2D eigenvalue weighted by Gasteiger charge is 2.09. The molecule has 0 saturated carbocycles. The zero-order valence-corrected chi connectivity index (χ0v) is 10.4. The van der Waals surface area contributed by atoms with Gasteiger partial charge in [0, 0.05) is 38.9 Å². The van der Waals surface area contributed by atoms with Gasteiger partial charge in [0.05, 0.1) is 0 Å². The normalized spacial score (nSPS) is 9.12. The molecule has 4 nitrogen and oxygen atoms in total. The highest BCUT2D eigenvalue weighted by Crippen LogP contribution is 2.09. The predicted molar refractivity (Wildman–Crippen MR) is 68.8 cm³/mol. The van der Waals surface area contributed by atoms with Crippen molar-refractivity contribution in [2.45, 2.75) is 13.3 Å².